The summed E-state index contributed by atoms with van der Waals surface area (Å²) in [6.45, 7) is 3.72. The number of piperidine rings is 1. The van der Waals surface area contributed by atoms with E-state index in [4.69, 9.17) is 0 Å². The van der Waals surface area contributed by atoms with Crippen LogP contribution in [-0.4, -0.2) is 53.9 Å². The minimum Gasteiger partial charge on any atom is -0.338 e. The first-order valence-electron chi connectivity index (χ1n) is 7.67. The Morgan fingerprint density at radius 3 is 2.86 bits per heavy atom. The molecule has 2 atom stereocenters. The predicted octanol–water partition coefficient (Wildman–Crippen LogP) is 0.712. The van der Waals surface area contributed by atoms with Crippen LogP contribution in [0.5, 0.6) is 0 Å². The molecule has 2 aliphatic heterocycles. The van der Waals surface area contributed by atoms with Crippen LogP contribution in [0.1, 0.15) is 18.9 Å². The summed E-state index contributed by atoms with van der Waals surface area (Å²) in [5.41, 5.74) is 1.00. The fourth-order valence-corrected chi connectivity index (χ4v) is 4.52. The topological polar surface area (TPSA) is 70.6 Å². The smallest absolute Gasteiger partial charge is 0.227 e. The molecule has 0 saturated carbocycles. The van der Waals surface area contributed by atoms with Crippen LogP contribution in [0.25, 0.3) is 0 Å². The molecule has 0 radical (unpaired) electrons. The predicted molar refractivity (Wildman–Crippen MR) is 82.3 cm³/mol. The zero-order chi connectivity index (χ0) is 15.7. The Morgan fingerprint density at radius 1 is 1.36 bits per heavy atom. The van der Waals surface area contributed by atoms with Gasteiger partial charge in [-0.15, -0.1) is 0 Å². The van der Waals surface area contributed by atoms with Gasteiger partial charge in [0, 0.05) is 38.6 Å². The van der Waals surface area contributed by atoms with E-state index in [2.05, 4.69) is 4.98 Å². The van der Waals surface area contributed by atoms with Crippen molar-refractivity contribution < 1.29 is 13.2 Å². The molecule has 120 valence electrons. The van der Waals surface area contributed by atoms with Gasteiger partial charge >= 0.3 is 0 Å². The number of carbonyl (C=O) groups excluding carboxylic acids is 1. The van der Waals surface area contributed by atoms with Gasteiger partial charge in [-0.1, -0.05) is 6.07 Å². The Labute approximate surface area is 131 Å². The molecule has 7 heteroatoms. The lowest BCUT2D eigenvalue weighted by atomic mass is 9.88. The fraction of sp³-hybridized carbons (Fsp3) is 0.600. The van der Waals surface area contributed by atoms with Crippen molar-refractivity contribution in [2.75, 3.05) is 25.4 Å². The summed E-state index contributed by atoms with van der Waals surface area (Å²) in [6.07, 6.45) is 4.34. The van der Waals surface area contributed by atoms with Crippen molar-refractivity contribution in [3.8, 4) is 0 Å². The molecule has 0 spiro atoms. The van der Waals surface area contributed by atoms with Gasteiger partial charge in [0.1, 0.15) is 0 Å². The summed E-state index contributed by atoms with van der Waals surface area (Å²) in [5.74, 6) is 0.152. The number of fused-ring (bicyclic) bond motifs is 1. The zero-order valence-corrected chi connectivity index (χ0v) is 13.5. The van der Waals surface area contributed by atoms with Crippen molar-refractivity contribution in [1.29, 1.82) is 0 Å². The van der Waals surface area contributed by atoms with E-state index in [9.17, 15) is 13.2 Å². The van der Waals surface area contributed by atoms with E-state index >= 15 is 0 Å². The Bertz CT molecular complexity index is 647. The average molecular weight is 323 g/mol. The van der Waals surface area contributed by atoms with E-state index < -0.39 is 10.0 Å². The van der Waals surface area contributed by atoms with Gasteiger partial charge in [0.2, 0.25) is 15.9 Å². The molecule has 22 heavy (non-hydrogen) atoms. The van der Waals surface area contributed by atoms with Crippen molar-refractivity contribution in [3.63, 3.8) is 0 Å². The van der Waals surface area contributed by atoms with Crippen LogP contribution < -0.4 is 0 Å². The molecule has 2 unspecified atom stereocenters. The molecule has 1 amide bonds. The highest BCUT2D eigenvalue weighted by molar-refractivity contribution is 7.89. The maximum absolute atomic E-state index is 12.7. The lowest BCUT2D eigenvalue weighted by Crippen LogP contribution is -2.44. The number of amides is 1. The molecule has 3 rings (SSSR count). The maximum Gasteiger partial charge on any atom is 0.227 e. The number of nitrogens with zero attached hydrogens (tertiary/aromatic N) is 3. The summed E-state index contributed by atoms with van der Waals surface area (Å²) >= 11 is 0. The standard InChI is InChI=1S/C15H21N3O3S/c1-2-22(20,21)18-10-13-5-7-17(15(19)14(13)11-18)9-12-4-3-6-16-8-12/h3-4,6,8,13-14H,2,5,7,9-11H2,1H3. The third-order valence-corrected chi connectivity index (χ3v) is 6.48. The monoisotopic (exact) mass is 323 g/mol. The van der Waals surface area contributed by atoms with Crippen LogP contribution in [-0.2, 0) is 21.4 Å². The highest BCUT2D eigenvalue weighted by Gasteiger charge is 2.45. The third-order valence-electron chi connectivity index (χ3n) is 4.66. The number of rotatable bonds is 4. The van der Waals surface area contributed by atoms with Crippen molar-refractivity contribution in [2.45, 2.75) is 19.9 Å². The van der Waals surface area contributed by atoms with Gasteiger partial charge in [0.25, 0.3) is 0 Å². The lowest BCUT2D eigenvalue weighted by molar-refractivity contribution is -0.140. The molecular formula is C15H21N3O3S. The number of hydrogen-bond acceptors (Lipinski definition) is 4. The van der Waals surface area contributed by atoms with Crippen LogP contribution >= 0.6 is 0 Å². The van der Waals surface area contributed by atoms with Crippen LogP contribution in [0.4, 0.5) is 0 Å². The molecule has 0 bridgehead atoms. The van der Waals surface area contributed by atoms with Gasteiger partial charge in [-0.2, -0.15) is 0 Å². The maximum atomic E-state index is 12.7. The van der Waals surface area contributed by atoms with Gasteiger partial charge in [-0.25, -0.2) is 12.7 Å². The summed E-state index contributed by atoms with van der Waals surface area (Å²) in [6, 6.07) is 3.81. The molecule has 2 saturated heterocycles. The Hall–Kier alpha value is -1.47. The molecule has 0 aliphatic carbocycles. The Morgan fingerprint density at radius 2 is 2.18 bits per heavy atom. The second-order valence-electron chi connectivity index (χ2n) is 5.99. The largest absolute Gasteiger partial charge is 0.338 e. The first-order valence-corrected chi connectivity index (χ1v) is 9.27. The number of aromatic nitrogens is 1. The lowest BCUT2D eigenvalue weighted by Gasteiger charge is -2.33. The third kappa shape index (κ3) is 2.87. The van der Waals surface area contributed by atoms with Crippen molar-refractivity contribution in [1.82, 2.24) is 14.2 Å². The Kier molecular flexibility index (Phi) is 4.18. The summed E-state index contributed by atoms with van der Waals surface area (Å²) in [7, 11) is -3.20. The second kappa shape index (κ2) is 5.96. The fourth-order valence-electron chi connectivity index (χ4n) is 3.35. The van der Waals surface area contributed by atoms with E-state index in [0.717, 1.165) is 12.0 Å². The molecule has 0 aromatic carbocycles. The molecular weight excluding hydrogens is 302 g/mol. The quantitative estimate of drug-likeness (QED) is 0.818. The molecule has 2 aliphatic rings. The molecule has 1 aromatic rings. The minimum absolute atomic E-state index is 0.0777. The number of carbonyl (C=O) groups is 1. The number of likely N-dealkylation sites (tertiary alicyclic amines) is 1. The molecule has 2 fully saturated rings. The van der Waals surface area contributed by atoms with Crippen molar-refractivity contribution >= 4 is 15.9 Å². The number of sulfonamides is 1. The zero-order valence-electron chi connectivity index (χ0n) is 12.7. The van der Waals surface area contributed by atoms with Crippen molar-refractivity contribution in [2.24, 2.45) is 11.8 Å². The summed E-state index contributed by atoms with van der Waals surface area (Å²) < 4.78 is 25.5. The highest BCUT2D eigenvalue weighted by atomic mass is 32.2. The SMILES string of the molecule is CCS(=O)(=O)N1CC2CCN(Cc3cccnc3)C(=O)C2C1. The minimum atomic E-state index is -3.20. The first kappa shape index (κ1) is 15.4. The van der Waals surface area contributed by atoms with Gasteiger partial charge in [0.15, 0.2) is 0 Å². The summed E-state index contributed by atoms with van der Waals surface area (Å²) in [4.78, 5) is 18.6. The Balaban J connectivity index is 1.70. The molecule has 0 N–H and O–H groups in total. The van der Waals surface area contributed by atoms with E-state index in [1.165, 1.54) is 4.31 Å². The van der Waals surface area contributed by atoms with Gasteiger partial charge in [-0.3, -0.25) is 9.78 Å². The van der Waals surface area contributed by atoms with Crippen LogP contribution in [0.2, 0.25) is 0 Å². The molecule has 1 aromatic heterocycles. The summed E-state index contributed by atoms with van der Waals surface area (Å²) in [5, 5.41) is 0. The van der Waals surface area contributed by atoms with Crippen LogP contribution in [0.15, 0.2) is 24.5 Å². The van der Waals surface area contributed by atoms with Gasteiger partial charge in [-0.05, 0) is 30.9 Å². The van der Waals surface area contributed by atoms with E-state index in [-0.39, 0.29) is 23.5 Å². The van der Waals surface area contributed by atoms with Gasteiger partial charge in [0.05, 0.1) is 11.7 Å². The van der Waals surface area contributed by atoms with Gasteiger partial charge < -0.3 is 4.90 Å². The van der Waals surface area contributed by atoms with Crippen LogP contribution in [0.3, 0.4) is 0 Å². The number of hydrogen-bond donors (Lipinski definition) is 0. The molecule has 6 nitrogen and oxygen atoms in total. The average Bonchev–Trinajstić information content (AvgIpc) is 2.97. The first-order chi connectivity index (χ1) is 10.5. The second-order valence-corrected chi connectivity index (χ2v) is 8.25. The van der Waals surface area contributed by atoms with E-state index in [1.807, 2.05) is 17.0 Å². The highest BCUT2D eigenvalue weighted by Crippen LogP contribution is 2.34. The molecule has 3 heterocycles. The van der Waals surface area contributed by atoms with E-state index in [0.29, 0.717) is 26.2 Å². The van der Waals surface area contributed by atoms with E-state index in [1.54, 1.807) is 19.3 Å². The van der Waals surface area contributed by atoms with Crippen LogP contribution in [0, 0.1) is 11.8 Å². The number of pyridine rings is 1. The normalized spacial score (nSPS) is 26.2. The van der Waals surface area contributed by atoms with Crippen molar-refractivity contribution in [3.05, 3.63) is 30.1 Å².